The summed E-state index contributed by atoms with van der Waals surface area (Å²) in [7, 11) is -0.570. The molecule has 5 nitrogen and oxygen atoms in total. The summed E-state index contributed by atoms with van der Waals surface area (Å²) >= 11 is 0. The summed E-state index contributed by atoms with van der Waals surface area (Å²) in [6, 6.07) is 3.42. The van der Waals surface area contributed by atoms with Crippen molar-refractivity contribution in [2.75, 3.05) is 31.1 Å². The molecular weight excluding hydrogens is 238 g/mol. The van der Waals surface area contributed by atoms with E-state index in [0.717, 1.165) is 5.75 Å². The lowest BCUT2D eigenvalue weighted by atomic mass is 10.4. The lowest BCUT2D eigenvalue weighted by Gasteiger charge is -2.24. The van der Waals surface area contributed by atoms with Gasteiger partial charge in [0.25, 0.3) is 0 Å². The Hall–Kier alpha value is -1.32. The highest BCUT2D eigenvalue weighted by Gasteiger charge is 2.07. The van der Waals surface area contributed by atoms with Crippen LogP contribution in [0.5, 0.6) is 0 Å². The molecule has 0 saturated heterocycles. The SMILES string of the molecule is CS(C)(C)CCOCn1nc(C=O)cc1C#N. The molecule has 17 heavy (non-hydrogen) atoms. The molecule has 0 radical (unpaired) electrons. The third-order valence-corrected chi connectivity index (χ3v) is 3.48. The molecule has 0 bridgehead atoms. The number of ether oxygens (including phenoxy) is 1. The maximum absolute atomic E-state index is 10.5. The molecule has 1 heterocycles. The quantitative estimate of drug-likeness (QED) is 0.566. The Bertz CT molecular complexity index is 429. The molecule has 1 aromatic rings. The Labute approximate surface area is 103 Å². The van der Waals surface area contributed by atoms with Gasteiger partial charge in [-0.1, -0.05) is 0 Å². The highest BCUT2D eigenvalue weighted by atomic mass is 32.3. The minimum Gasteiger partial charge on any atom is -0.358 e. The van der Waals surface area contributed by atoms with E-state index in [1.807, 2.05) is 6.07 Å². The predicted octanol–water partition coefficient (Wildman–Crippen LogP) is 1.24. The Balaban J connectivity index is 2.49. The summed E-state index contributed by atoms with van der Waals surface area (Å²) in [6.45, 7) is 0.853. The average Bonchev–Trinajstić information content (AvgIpc) is 2.65. The van der Waals surface area contributed by atoms with Crippen LogP contribution in [0.2, 0.25) is 0 Å². The number of carbonyl (C=O) groups is 1. The molecule has 0 amide bonds. The maximum atomic E-state index is 10.5. The first-order chi connectivity index (χ1) is 7.96. The first-order valence-electron chi connectivity index (χ1n) is 5.13. The minimum absolute atomic E-state index is 0.215. The second-order valence-corrected chi connectivity index (χ2v) is 9.11. The smallest absolute Gasteiger partial charge is 0.170 e. The monoisotopic (exact) mass is 255 g/mol. The largest absolute Gasteiger partial charge is 0.358 e. The molecule has 0 atom stereocenters. The van der Waals surface area contributed by atoms with Crippen LogP contribution in [0.15, 0.2) is 6.07 Å². The van der Waals surface area contributed by atoms with Crippen LogP contribution in [-0.2, 0) is 11.5 Å². The van der Waals surface area contributed by atoms with Gasteiger partial charge in [-0.3, -0.25) is 4.79 Å². The first kappa shape index (κ1) is 13.7. The number of hydrogen-bond donors (Lipinski definition) is 0. The van der Waals surface area contributed by atoms with Crippen molar-refractivity contribution in [3.8, 4) is 6.07 Å². The van der Waals surface area contributed by atoms with Gasteiger partial charge in [0.15, 0.2) is 6.29 Å². The molecule has 0 spiro atoms. The molecule has 0 unspecified atom stereocenters. The fourth-order valence-electron chi connectivity index (χ4n) is 1.14. The van der Waals surface area contributed by atoms with Gasteiger partial charge in [-0.15, -0.1) is 0 Å². The van der Waals surface area contributed by atoms with Crippen molar-refractivity contribution >= 4 is 16.3 Å². The number of hydrogen-bond acceptors (Lipinski definition) is 4. The van der Waals surface area contributed by atoms with Gasteiger partial charge in [0.05, 0.1) is 6.61 Å². The van der Waals surface area contributed by atoms with E-state index in [0.29, 0.717) is 18.6 Å². The zero-order valence-electron chi connectivity index (χ0n) is 10.3. The molecule has 94 valence electrons. The normalized spacial score (nSPS) is 12.1. The fraction of sp³-hybridized carbons (Fsp3) is 0.545. The topological polar surface area (TPSA) is 67.9 Å². The number of rotatable bonds is 6. The zero-order chi connectivity index (χ0) is 12.9. The van der Waals surface area contributed by atoms with Gasteiger partial charge in [-0.2, -0.15) is 10.4 Å². The number of aldehydes is 1. The minimum atomic E-state index is -0.570. The van der Waals surface area contributed by atoms with E-state index in [1.54, 1.807) is 0 Å². The summed E-state index contributed by atoms with van der Waals surface area (Å²) < 4.78 is 6.85. The highest BCUT2D eigenvalue weighted by Crippen LogP contribution is 2.33. The Morgan fingerprint density at radius 3 is 2.82 bits per heavy atom. The van der Waals surface area contributed by atoms with E-state index in [-0.39, 0.29) is 12.4 Å². The predicted molar refractivity (Wildman–Crippen MR) is 68.5 cm³/mol. The Morgan fingerprint density at radius 1 is 1.59 bits per heavy atom. The van der Waals surface area contributed by atoms with Gasteiger partial charge in [0, 0.05) is 11.8 Å². The molecule has 0 aliphatic heterocycles. The average molecular weight is 255 g/mol. The van der Waals surface area contributed by atoms with Crippen LogP contribution in [0.3, 0.4) is 0 Å². The molecule has 0 fully saturated rings. The van der Waals surface area contributed by atoms with E-state index in [2.05, 4.69) is 23.9 Å². The van der Waals surface area contributed by atoms with E-state index in [4.69, 9.17) is 10.00 Å². The number of nitriles is 1. The van der Waals surface area contributed by atoms with Gasteiger partial charge in [-0.05, 0) is 18.8 Å². The van der Waals surface area contributed by atoms with Gasteiger partial charge >= 0.3 is 0 Å². The number of carbonyl (C=O) groups excluding carboxylic acids is 1. The van der Waals surface area contributed by atoms with Crippen LogP contribution in [0.1, 0.15) is 16.2 Å². The van der Waals surface area contributed by atoms with Crippen LogP contribution >= 0.6 is 10.0 Å². The molecule has 0 aliphatic carbocycles. The molecule has 0 aromatic carbocycles. The van der Waals surface area contributed by atoms with Gasteiger partial charge in [-0.25, -0.2) is 14.7 Å². The third-order valence-electron chi connectivity index (χ3n) is 2.09. The third kappa shape index (κ3) is 4.59. The summed E-state index contributed by atoms with van der Waals surface area (Å²) in [5.74, 6) is 1.01. The summed E-state index contributed by atoms with van der Waals surface area (Å²) in [5, 5.41) is 12.8. The van der Waals surface area contributed by atoms with Crippen molar-refractivity contribution in [2.24, 2.45) is 0 Å². The standard InChI is InChI=1S/C11H17N3O2S/c1-17(2,3)5-4-16-9-14-11(7-12)6-10(8-15)13-14/h6,8H,4-5,9H2,1-3H3. The van der Waals surface area contributed by atoms with Crippen molar-refractivity contribution < 1.29 is 9.53 Å². The lowest BCUT2D eigenvalue weighted by Crippen LogP contribution is -2.12. The molecular formula is C11H17N3O2S. The summed E-state index contributed by atoms with van der Waals surface area (Å²) in [5.41, 5.74) is 0.599. The molecule has 0 aliphatic rings. The van der Waals surface area contributed by atoms with Crippen molar-refractivity contribution in [1.82, 2.24) is 9.78 Å². The number of aromatic nitrogens is 2. The fourth-order valence-corrected chi connectivity index (χ4v) is 1.76. The van der Waals surface area contributed by atoms with E-state index < -0.39 is 10.0 Å². The summed E-state index contributed by atoms with van der Waals surface area (Å²) in [4.78, 5) is 10.5. The van der Waals surface area contributed by atoms with Crippen LogP contribution < -0.4 is 0 Å². The van der Waals surface area contributed by atoms with E-state index in [1.165, 1.54) is 10.7 Å². The van der Waals surface area contributed by atoms with Crippen molar-refractivity contribution in [3.05, 3.63) is 17.5 Å². The van der Waals surface area contributed by atoms with E-state index in [9.17, 15) is 4.79 Å². The molecule has 6 heteroatoms. The van der Waals surface area contributed by atoms with Crippen LogP contribution in [0.4, 0.5) is 0 Å². The molecule has 0 N–H and O–H groups in total. The first-order valence-corrected chi connectivity index (χ1v) is 8.16. The second kappa shape index (κ2) is 5.84. The van der Waals surface area contributed by atoms with Crippen molar-refractivity contribution in [3.63, 3.8) is 0 Å². The molecule has 1 aromatic heterocycles. The Morgan fingerprint density at radius 2 is 2.29 bits per heavy atom. The Kier molecular flexibility index (Phi) is 4.73. The number of nitrogens with zero attached hydrogens (tertiary/aromatic N) is 3. The zero-order valence-corrected chi connectivity index (χ0v) is 11.2. The summed E-state index contributed by atoms with van der Waals surface area (Å²) in [6.07, 6.45) is 7.27. The molecule has 0 saturated carbocycles. The van der Waals surface area contributed by atoms with Gasteiger partial charge in [0.1, 0.15) is 24.2 Å². The van der Waals surface area contributed by atoms with Crippen LogP contribution in [-0.4, -0.2) is 47.2 Å². The van der Waals surface area contributed by atoms with E-state index >= 15 is 0 Å². The van der Waals surface area contributed by atoms with Crippen LogP contribution in [0.25, 0.3) is 0 Å². The second-order valence-electron chi connectivity index (χ2n) is 4.52. The maximum Gasteiger partial charge on any atom is 0.170 e. The molecule has 1 rings (SSSR count). The van der Waals surface area contributed by atoms with Crippen LogP contribution in [0, 0.1) is 11.3 Å². The lowest BCUT2D eigenvalue weighted by molar-refractivity contribution is 0.0799. The van der Waals surface area contributed by atoms with Gasteiger partial charge < -0.3 is 4.74 Å². The van der Waals surface area contributed by atoms with Crippen molar-refractivity contribution in [2.45, 2.75) is 6.73 Å². The van der Waals surface area contributed by atoms with Crippen molar-refractivity contribution in [1.29, 1.82) is 5.26 Å². The highest BCUT2D eigenvalue weighted by molar-refractivity contribution is 8.32. The van der Waals surface area contributed by atoms with Gasteiger partial charge in [0.2, 0.25) is 0 Å².